The second kappa shape index (κ2) is 2.60. The van der Waals surface area contributed by atoms with Gasteiger partial charge in [0.15, 0.2) is 12.6 Å². The first-order valence-corrected chi connectivity index (χ1v) is 3.24. The second-order valence-corrected chi connectivity index (χ2v) is 2.59. The summed E-state index contributed by atoms with van der Waals surface area (Å²) in [6, 6.07) is 0. The van der Waals surface area contributed by atoms with E-state index in [-0.39, 0.29) is 5.92 Å². The molecule has 3 unspecified atom stereocenters. The summed E-state index contributed by atoms with van der Waals surface area (Å²) in [7, 11) is 0. The molecule has 0 saturated carbocycles. The largest absolute Gasteiger partial charge is 0.258 e. The van der Waals surface area contributed by atoms with Gasteiger partial charge in [-0.25, -0.2) is 8.78 Å². The first kappa shape index (κ1) is 6.93. The van der Waals surface area contributed by atoms with Crippen molar-refractivity contribution in [3.05, 3.63) is 0 Å². The molecule has 1 rings (SSSR count). The van der Waals surface area contributed by atoms with E-state index in [2.05, 4.69) is 5.32 Å². The highest BCUT2D eigenvalue weighted by molar-refractivity contribution is 4.72. The van der Waals surface area contributed by atoms with Gasteiger partial charge in [0.25, 0.3) is 0 Å². The molecule has 0 aliphatic carbocycles. The van der Waals surface area contributed by atoms with Crippen LogP contribution in [-0.4, -0.2) is 12.6 Å². The molecule has 0 radical (unpaired) electrons. The van der Waals surface area contributed by atoms with E-state index >= 15 is 0 Å². The van der Waals surface area contributed by atoms with Crippen LogP contribution < -0.4 is 5.32 Å². The van der Waals surface area contributed by atoms with E-state index in [4.69, 9.17) is 0 Å². The number of halogens is 2. The Morgan fingerprint density at radius 3 is 2.44 bits per heavy atom. The standard InChI is InChI=1S/C6H11F2N/c1-4-2-3-5(7)9-6(4)8/h4-6,9H,2-3H2,1H3. The van der Waals surface area contributed by atoms with Crippen LogP contribution in [0.3, 0.4) is 0 Å². The van der Waals surface area contributed by atoms with Gasteiger partial charge >= 0.3 is 0 Å². The molecule has 1 aliphatic heterocycles. The minimum Gasteiger partial charge on any atom is -0.258 e. The van der Waals surface area contributed by atoms with Crippen molar-refractivity contribution >= 4 is 0 Å². The van der Waals surface area contributed by atoms with Crippen LogP contribution in [0.2, 0.25) is 0 Å². The van der Waals surface area contributed by atoms with E-state index in [1.165, 1.54) is 0 Å². The third kappa shape index (κ3) is 1.61. The van der Waals surface area contributed by atoms with E-state index in [9.17, 15) is 8.78 Å². The third-order valence-electron chi connectivity index (χ3n) is 1.72. The highest BCUT2D eigenvalue weighted by Gasteiger charge is 2.25. The maximum atomic E-state index is 12.5. The number of hydrogen-bond acceptors (Lipinski definition) is 1. The SMILES string of the molecule is CC1CCC(F)NC1F. The normalized spacial score (nSPS) is 45.0. The zero-order valence-electron chi connectivity index (χ0n) is 5.40. The molecule has 3 atom stereocenters. The Morgan fingerprint density at radius 2 is 2.00 bits per heavy atom. The lowest BCUT2D eigenvalue weighted by Crippen LogP contribution is -2.41. The van der Waals surface area contributed by atoms with Gasteiger partial charge in [-0.1, -0.05) is 6.92 Å². The Labute approximate surface area is 53.4 Å². The topological polar surface area (TPSA) is 12.0 Å². The first-order valence-electron chi connectivity index (χ1n) is 3.24. The van der Waals surface area contributed by atoms with Crippen molar-refractivity contribution in [1.82, 2.24) is 5.32 Å². The van der Waals surface area contributed by atoms with Gasteiger partial charge in [-0.05, 0) is 12.8 Å². The summed E-state index contributed by atoms with van der Waals surface area (Å²) in [6.45, 7) is 1.78. The fraction of sp³-hybridized carbons (Fsp3) is 1.00. The zero-order valence-corrected chi connectivity index (χ0v) is 5.40. The molecule has 0 aromatic rings. The molecule has 1 N–H and O–H groups in total. The van der Waals surface area contributed by atoms with Crippen LogP contribution in [0.5, 0.6) is 0 Å². The van der Waals surface area contributed by atoms with E-state index in [0.29, 0.717) is 12.8 Å². The maximum absolute atomic E-state index is 12.5. The summed E-state index contributed by atoms with van der Waals surface area (Å²) in [5.74, 6) is -0.0306. The Bertz CT molecular complexity index is 97.1. The van der Waals surface area contributed by atoms with Crippen molar-refractivity contribution < 1.29 is 8.78 Å². The lowest BCUT2D eigenvalue weighted by Gasteiger charge is -2.26. The Hall–Kier alpha value is -0.180. The smallest absolute Gasteiger partial charge is 0.155 e. The average molecular weight is 135 g/mol. The predicted octanol–water partition coefficient (Wildman–Crippen LogP) is 1.60. The lowest BCUT2D eigenvalue weighted by molar-refractivity contribution is 0.0705. The molecule has 1 nitrogen and oxygen atoms in total. The van der Waals surface area contributed by atoms with E-state index in [1.54, 1.807) is 6.92 Å². The predicted molar refractivity (Wildman–Crippen MR) is 31.3 cm³/mol. The van der Waals surface area contributed by atoms with Gasteiger partial charge in [-0.15, -0.1) is 0 Å². The third-order valence-corrected chi connectivity index (χ3v) is 1.72. The fourth-order valence-electron chi connectivity index (χ4n) is 0.976. The van der Waals surface area contributed by atoms with Crippen molar-refractivity contribution in [3.8, 4) is 0 Å². The van der Waals surface area contributed by atoms with Crippen LogP contribution in [-0.2, 0) is 0 Å². The monoisotopic (exact) mass is 135 g/mol. The van der Waals surface area contributed by atoms with Gasteiger partial charge in [0.1, 0.15) is 0 Å². The molecule has 3 heteroatoms. The highest BCUT2D eigenvalue weighted by atomic mass is 19.2. The summed E-state index contributed by atoms with van der Waals surface area (Å²) < 4.78 is 24.7. The van der Waals surface area contributed by atoms with Crippen molar-refractivity contribution in [3.63, 3.8) is 0 Å². The molecule has 1 fully saturated rings. The van der Waals surface area contributed by atoms with Gasteiger partial charge < -0.3 is 0 Å². The van der Waals surface area contributed by atoms with Crippen molar-refractivity contribution in [2.75, 3.05) is 0 Å². The molecule has 0 aromatic heterocycles. The van der Waals surface area contributed by atoms with Crippen molar-refractivity contribution in [1.29, 1.82) is 0 Å². The van der Waals surface area contributed by atoms with Crippen molar-refractivity contribution in [2.24, 2.45) is 5.92 Å². The van der Waals surface area contributed by atoms with Gasteiger partial charge in [-0.2, -0.15) is 0 Å². The number of nitrogens with one attached hydrogen (secondary N) is 1. The highest BCUT2D eigenvalue weighted by Crippen LogP contribution is 2.20. The van der Waals surface area contributed by atoms with Crippen LogP contribution in [0.1, 0.15) is 19.8 Å². The number of rotatable bonds is 0. The minimum atomic E-state index is -1.14. The van der Waals surface area contributed by atoms with Gasteiger partial charge in [0.2, 0.25) is 0 Å². The number of alkyl halides is 2. The molecule has 1 aliphatic rings. The second-order valence-electron chi connectivity index (χ2n) is 2.59. The Balaban J connectivity index is 2.35. The Morgan fingerprint density at radius 1 is 1.33 bits per heavy atom. The summed E-state index contributed by atoms with van der Waals surface area (Å²) in [5, 5.41) is 2.20. The number of piperidine rings is 1. The molecule has 54 valence electrons. The molecule has 1 saturated heterocycles. The molecule has 0 aromatic carbocycles. The van der Waals surface area contributed by atoms with Crippen molar-refractivity contribution in [2.45, 2.75) is 32.4 Å². The lowest BCUT2D eigenvalue weighted by atomic mass is 10.0. The summed E-state index contributed by atoms with van der Waals surface area (Å²) in [4.78, 5) is 0. The molecule has 0 bridgehead atoms. The molecular weight excluding hydrogens is 124 g/mol. The average Bonchev–Trinajstić information content (AvgIpc) is 1.80. The maximum Gasteiger partial charge on any atom is 0.155 e. The summed E-state index contributed by atoms with van der Waals surface area (Å²) >= 11 is 0. The molecule has 9 heavy (non-hydrogen) atoms. The van der Waals surface area contributed by atoms with Gasteiger partial charge in [0, 0.05) is 5.92 Å². The quantitative estimate of drug-likeness (QED) is 0.497. The number of hydrogen-bond donors (Lipinski definition) is 1. The van der Waals surface area contributed by atoms with Gasteiger partial charge in [-0.3, -0.25) is 5.32 Å². The van der Waals surface area contributed by atoms with E-state index in [0.717, 1.165) is 0 Å². The zero-order chi connectivity index (χ0) is 6.85. The fourth-order valence-corrected chi connectivity index (χ4v) is 0.976. The molecule has 1 heterocycles. The summed E-state index contributed by atoms with van der Waals surface area (Å²) in [6.07, 6.45) is -1.18. The molecular formula is C6H11F2N. The minimum absolute atomic E-state index is 0.0306. The van der Waals surface area contributed by atoms with E-state index in [1.807, 2.05) is 0 Å². The van der Waals surface area contributed by atoms with Crippen LogP contribution in [0.4, 0.5) is 8.78 Å². The molecule has 0 spiro atoms. The molecule has 0 amide bonds. The Kier molecular flexibility index (Phi) is 2.01. The summed E-state index contributed by atoms with van der Waals surface area (Å²) in [5.41, 5.74) is 0. The van der Waals surface area contributed by atoms with Crippen LogP contribution in [0.15, 0.2) is 0 Å². The first-order chi connectivity index (χ1) is 4.20. The van der Waals surface area contributed by atoms with Gasteiger partial charge in [0.05, 0.1) is 0 Å². The van der Waals surface area contributed by atoms with Crippen LogP contribution >= 0.6 is 0 Å². The van der Waals surface area contributed by atoms with Crippen LogP contribution in [0.25, 0.3) is 0 Å². The van der Waals surface area contributed by atoms with Crippen LogP contribution in [0, 0.1) is 5.92 Å². The van der Waals surface area contributed by atoms with E-state index < -0.39 is 12.6 Å².